The molecule has 0 aliphatic carbocycles. The van der Waals surface area contributed by atoms with Gasteiger partial charge in [-0.3, -0.25) is 4.79 Å². The van der Waals surface area contributed by atoms with Crippen molar-refractivity contribution in [2.75, 3.05) is 0 Å². The maximum absolute atomic E-state index is 10.3. The molecule has 0 saturated carbocycles. The Balaban J connectivity index is 3.07. The molecule has 0 aliphatic heterocycles. The van der Waals surface area contributed by atoms with Crippen molar-refractivity contribution in [2.45, 2.75) is 32.6 Å². The zero-order valence-electron chi connectivity index (χ0n) is 5.68. The second-order valence-corrected chi connectivity index (χ2v) is 1.96. The molecule has 0 aromatic rings. The summed E-state index contributed by atoms with van der Waals surface area (Å²) in [5.74, 6) is -0.302. The third-order valence-corrected chi connectivity index (χ3v) is 1.12. The molecular weight excluding hydrogens is 116 g/mol. The van der Waals surface area contributed by atoms with Gasteiger partial charge in [0.15, 0.2) is 0 Å². The summed E-state index contributed by atoms with van der Waals surface area (Å²) in [4.78, 5) is 10.3. The summed E-state index contributed by atoms with van der Waals surface area (Å²) in [6.07, 6.45) is 3.47. The highest BCUT2D eigenvalue weighted by Crippen LogP contribution is 1.99. The molecule has 0 saturated heterocycles. The summed E-state index contributed by atoms with van der Waals surface area (Å²) in [5.41, 5.74) is 6.32. The minimum atomic E-state index is -0.302. The van der Waals surface area contributed by atoms with Gasteiger partial charge in [0.05, 0.1) is 0 Å². The van der Waals surface area contributed by atoms with E-state index in [1.165, 1.54) is 0 Å². The van der Waals surface area contributed by atoms with Gasteiger partial charge in [0, 0.05) is 6.42 Å². The van der Waals surface area contributed by atoms with Crippen LogP contribution in [0.5, 0.6) is 0 Å². The third-order valence-electron chi connectivity index (χ3n) is 1.12. The van der Waals surface area contributed by atoms with Gasteiger partial charge in [0.2, 0.25) is 0 Å². The molecule has 0 aromatic carbocycles. The van der Waals surface area contributed by atoms with E-state index in [2.05, 4.69) is 12.0 Å². The average molecular weight is 128 g/mol. The van der Waals surface area contributed by atoms with E-state index >= 15 is 0 Å². The number of unbranched alkanes of at least 4 members (excludes halogenated alkanes) is 2. The van der Waals surface area contributed by atoms with Crippen molar-refractivity contribution >= 4 is 5.91 Å². The van der Waals surface area contributed by atoms with E-state index in [-0.39, 0.29) is 5.91 Å². The van der Waals surface area contributed by atoms with E-state index in [4.69, 9.17) is 5.53 Å². The Kier molecular flexibility index (Phi) is 4.97. The number of carbonyl (C=O) groups excluding carboxylic acids is 1. The molecule has 1 amide bonds. The van der Waals surface area contributed by atoms with Crippen molar-refractivity contribution in [3.8, 4) is 0 Å². The van der Waals surface area contributed by atoms with Gasteiger partial charge in [0.1, 0.15) is 0 Å². The number of nitrogens with zero attached hydrogens (tertiary/aromatic N) is 1. The van der Waals surface area contributed by atoms with Gasteiger partial charge in [-0.2, -0.15) is 0 Å². The Hall–Kier alpha value is -0.730. The Labute approximate surface area is 55.0 Å². The van der Waals surface area contributed by atoms with Crippen molar-refractivity contribution in [1.29, 1.82) is 5.53 Å². The zero-order chi connectivity index (χ0) is 7.11. The lowest BCUT2D eigenvalue weighted by Gasteiger charge is -1.90. The Morgan fingerprint density at radius 1 is 1.56 bits per heavy atom. The normalized spacial score (nSPS) is 9.00. The topological polar surface area (TPSA) is 53.3 Å². The standard InChI is InChI=1S/C6H12N2O/c1-2-3-4-5-6(9)8-7/h7H,2-5H2,1H3. The summed E-state index contributed by atoms with van der Waals surface area (Å²) in [5, 5.41) is 2.77. The monoisotopic (exact) mass is 128 g/mol. The first-order valence-corrected chi connectivity index (χ1v) is 3.21. The maximum Gasteiger partial charge on any atom is 0.264 e. The van der Waals surface area contributed by atoms with Gasteiger partial charge in [-0.05, 0) is 6.42 Å². The van der Waals surface area contributed by atoms with Crippen molar-refractivity contribution < 1.29 is 4.79 Å². The van der Waals surface area contributed by atoms with Crippen LogP contribution in [0, 0.1) is 5.53 Å². The van der Waals surface area contributed by atoms with Crippen LogP contribution < -0.4 is 0 Å². The molecule has 52 valence electrons. The summed E-state index contributed by atoms with van der Waals surface area (Å²) in [6.45, 7) is 2.07. The number of carbonyl (C=O) groups is 1. The molecule has 0 spiro atoms. The minimum Gasteiger partial charge on any atom is -0.271 e. The minimum absolute atomic E-state index is 0.302. The first-order chi connectivity index (χ1) is 4.31. The molecule has 0 atom stereocenters. The Morgan fingerprint density at radius 3 is 2.67 bits per heavy atom. The maximum atomic E-state index is 10.3. The SMILES string of the molecule is CCCCCC(=O)N=N. The molecule has 0 bridgehead atoms. The lowest BCUT2D eigenvalue weighted by atomic mass is 10.2. The Bertz CT molecular complexity index is 101. The number of hydrogen-bond donors (Lipinski definition) is 1. The molecular formula is C6H12N2O. The fourth-order valence-corrected chi connectivity index (χ4v) is 0.582. The largest absolute Gasteiger partial charge is 0.271 e. The van der Waals surface area contributed by atoms with E-state index in [0.29, 0.717) is 6.42 Å². The highest BCUT2D eigenvalue weighted by atomic mass is 16.1. The highest BCUT2D eigenvalue weighted by molar-refractivity contribution is 5.75. The van der Waals surface area contributed by atoms with Crippen molar-refractivity contribution in [1.82, 2.24) is 0 Å². The second kappa shape index (κ2) is 5.41. The van der Waals surface area contributed by atoms with E-state index in [9.17, 15) is 4.79 Å². The van der Waals surface area contributed by atoms with Gasteiger partial charge < -0.3 is 0 Å². The van der Waals surface area contributed by atoms with Crippen LogP contribution in [0.1, 0.15) is 32.6 Å². The molecule has 0 unspecified atom stereocenters. The van der Waals surface area contributed by atoms with Crippen LogP contribution in [0.15, 0.2) is 5.11 Å². The quantitative estimate of drug-likeness (QED) is 0.457. The predicted molar refractivity (Wildman–Crippen MR) is 34.3 cm³/mol. The molecule has 9 heavy (non-hydrogen) atoms. The molecule has 1 N–H and O–H groups in total. The van der Waals surface area contributed by atoms with Crippen LogP contribution in [-0.2, 0) is 4.79 Å². The van der Waals surface area contributed by atoms with Crippen LogP contribution in [0.3, 0.4) is 0 Å². The Morgan fingerprint density at radius 2 is 2.22 bits per heavy atom. The lowest BCUT2D eigenvalue weighted by molar-refractivity contribution is -0.118. The first kappa shape index (κ1) is 8.27. The molecule has 3 heteroatoms. The van der Waals surface area contributed by atoms with E-state index in [0.717, 1.165) is 19.3 Å². The molecule has 3 nitrogen and oxygen atoms in total. The molecule has 0 aromatic heterocycles. The smallest absolute Gasteiger partial charge is 0.264 e. The average Bonchev–Trinajstić information content (AvgIpc) is 1.89. The van der Waals surface area contributed by atoms with E-state index < -0.39 is 0 Å². The number of hydrogen-bond acceptors (Lipinski definition) is 2. The number of rotatable bonds is 4. The van der Waals surface area contributed by atoms with Crippen LogP contribution in [0.4, 0.5) is 0 Å². The van der Waals surface area contributed by atoms with Crippen LogP contribution in [0.2, 0.25) is 0 Å². The van der Waals surface area contributed by atoms with Crippen molar-refractivity contribution in [3.63, 3.8) is 0 Å². The summed E-state index contributed by atoms with van der Waals surface area (Å²) < 4.78 is 0. The first-order valence-electron chi connectivity index (χ1n) is 3.21. The van der Waals surface area contributed by atoms with Crippen LogP contribution in [0.25, 0.3) is 0 Å². The molecule has 0 radical (unpaired) electrons. The molecule has 0 rings (SSSR count). The van der Waals surface area contributed by atoms with Gasteiger partial charge in [0.25, 0.3) is 5.91 Å². The zero-order valence-corrected chi connectivity index (χ0v) is 5.68. The number of amides is 1. The van der Waals surface area contributed by atoms with Gasteiger partial charge >= 0.3 is 0 Å². The summed E-state index contributed by atoms with van der Waals surface area (Å²) in [6, 6.07) is 0. The van der Waals surface area contributed by atoms with Crippen molar-refractivity contribution in [2.24, 2.45) is 5.11 Å². The molecule has 0 fully saturated rings. The fourth-order valence-electron chi connectivity index (χ4n) is 0.582. The summed E-state index contributed by atoms with van der Waals surface area (Å²) in [7, 11) is 0. The molecule has 0 aliphatic rings. The van der Waals surface area contributed by atoms with Crippen LogP contribution >= 0.6 is 0 Å². The predicted octanol–water partition coefficient (Wildman–Crippen LogP) is 2.12. The van der Waals surface area contributed by atoms with E-state index in [1.54, 1.807) is 0 Å². The van der Waals surface area contributed by atoms with Gasteiger partial charge in [-0.1, -0.05) is 19.8 Å². The summed E-state index contributed by atoms with van der Waals surface area (Å²) >= 11 is 0. The number of nitrogens with one attached hydrogen (secondary N) is 1. The second-order valence-electron chi connectivity index (χ2n) is 1.96. The van der Waals surface area contributed by atoms with E-state index in [1.807, 2.05) is 0 Å². The molecule has 0 heterocycles. The lowest BCUT2D eigenvalue weighted by Crippen LogP contribution is -1.89. The van der Waals surface area contributed by atoms with Gasteiger partial charge in [-0.15, -0.1) is 5.11 Å². The van der Waals surface area contributed by atoms with Crippen LogP contribution in [-0.4, -0.2) is 5.91 Å². The van der Waals surface area contributed by atoms with Crippen molar-refractivity contribution in [3.05, 3.63) is 0 Å². The third kappa shape index (κ3) is 5.14. The van der Waals surface area contributed by atoms with Gasteiger partial charge in [-0.25, -0.2) is 5.53 Å². The highest BCUT2D eigenvalue weighted by Gasteiger charge is 1.95. The fraction of sp³-hybridized carbons (Fsp3) is 0.833.